The number of alkyl halides is 1. The third kappa shape index (κ3) is 10.6. The van der Waals surface area contributed by atoms with Crippen LogP contribution in [0, 0.1) is 10.1 Å². The van der Waals surface area contributed by atoms with Crippen molar-refractivity contribution in [1.82, 2.24) is 10.8 Å². The lowest BCUT2D eigenvalue weighted by Crippen LogP contribution is -2.34. The topological polar surface area (TPSA) is 194 Å². The molecule has 15 heteroatoms. The molecule has 0 radical (unpaired) electrons. The van der Waals surface area contributed by atoms with Crippen LogP contribution < -0.4 is 21.4 Å². The van der Waals surface area contributed by atoms with E-state index in [4.69, 9.17) is 15.1 Å². The summed E-state index contributed by atoms with van der Waals surface area (Å²) in [5, 5.41) is 23.3. The average molecular weight is 568 g/mol. The van der Waals surface area contributed by atoms with Crippen LogP contribution in [0.25, 0.3) is 0 Å². The van der Waals surface area contributed by atoms with Crippen molar-refractivity contribution >= 4 is 54.9 Å². The van der Waals surface area contributed by atoms with Gasteiger partial charge in [0.1, 0.15) is 5.69 Å². The minimum absolute atomic E-state index is 0.00776. The fraction of sp³-hybridized carbons (Fsp3) is 0.579. The summed E-state index contributed by atoms with van der Waals surface area (Å²) in [7, 11) is -3.71. The first kappa shape index (κ1) is 29.5. The number of nitrogens with zero attached hydrogens (tertiary/aromatic N) is 2. The number of nitrogen functional groups attached to an aromatic ring is 1. The number of nitro groups is 1. The number of benzene rings is 1. The quantitative estimate of drug-likeness (QED) is 0.0432. The molecule has 0 aromatic heterocycles. The van der Waals surface area contributed by atoms with Gasteiger partial charge in [0.25, 0.3) is 21.7 Å². The van der Waals surface area contributed by atoms with Crippen molar-refractivity contribution in [3.8, 4) is 0 Å². The number of carbonyl (C=O) groups is 2. The molecule has 0 unspecified atom stereocenters. The van der Waals surface area contributed by atoms with Crippen LogP contribution >= 0.6 is 15.9 Å². The molecule has 0 fully saturated rings. The first-order chi connectivity index (χ1) is 16.0. The smallest absolute Gasteiger partial charge is 0.295 e. The second-order valence-corrected chi connectivity index (χ2v) is 9.79. The molecule has 0 atom stereocenters. The molecule has 1 rings (SSSR count). The van der Waals surface area contributed by atoms with Crippen LogP contribution in [0.1, 0.15) is 42.5 Å². The largest absolute Gasteiger partial charge is 0.399 e. The van der Waals surface area contributed by atoms with Crippen LogP contribution in [-0.2, 0) is 19.1 Å². The van der Waals surface area contributed by atoms with Crippen molar-refractivity contribution in [2.75, 3.05) is 48.5 Å². The lowest BCUT2D eigenvalue weighted by atomic mass is 10.1. The number of unbranched alkanes of at least 4 members (excludes halogenated alkanes) is 3. The number of amides is 2. The van der Waals surface area contributed by atoms with E-state index >= 15 is 0 Å². The van der Waals surface area contributed by atoms with Crippen LogP contribution in [-0.4, -0.2) is 68.2 Å². The van der Waals surface area contributed by atoms with Gasteiger partial charge >= 0.3 is 0 Å². The summed E-state index contributed by atoms with van der Waals surface area (Å²) in [6, 6.07) is 2.48. The number of anilines is 2. The van der Waals surface area contributed by atoms with E-state index in [1.165, 1.54) is 11.0 Å². The molecule has 5 N–H and O–H groups in total. The highest BCUT2D eigenvalue weighted by Crippen LogP contribution is 2.35. The Balaban J connectivity index is 2.98. The number of halogens is 1. The van der Waals surface area contributed by atoms with Crippen molar-refractivity contribution < 1.29 is 32.3 Å². The standard InChI is InChI=1S/C19H30BrN5O8S/c1-34(31,32)33-11-10-24(9-7-20)18-15(12-14(21)13-16(18)25(29)30)19(27)22-8-5-3-2-4-6-17(26)23-28/h12-13,28H,2-11,21H2,1H3,(H,22,27)(H,23,26). The Morgan fingerprint density at radius 3 is 2.50 bits per heavy atom. The molecule has 0 saturated heterocycles. The molecule has 0 bridgehead atoms. The van der Waals surface area contributed by atoms with Gasteiger partial charge in [-0.1, -0.05) is 28.8 Å². The molecular formula is C19H30BrN5O8S. The number of carbonyl (C=O) groups excluding carboxylic acids is 2. The maximum atomic E-state index is 12.9. The zero-order valence-electron chi connectivity index (χ0n) is 18.8. The van der Waals surface area contributed by atoms with Crippen molar-refractivity contribution in [3.05, 3.63) is 27.8 Å². The molecule has 0 aliphatic rings. The van der Waals surface area contributed by atoms with E-state index in [-0.39, 0.29) is 48.7 Å². The van der Waals surface area contributed by atoms with Gasteiger partial charge in [0, 0.05) is 43.1 Å². The fourth-order valence-electron chi connectivity index (χ4n) is 3.14. The third-order valence-corrected chi connectivity index (χ3v) is 5.57. The minimum atomic E-state index is -3.71. The molecule has 0 aliphatic heterocycles. The molecule has 1 aromatic rings. The van der Waals surface area contributed by atoms with Crippen molar-refractivity contribution in [2.45, 2.75) is 32.1 Å². The first-order valence-electron chi connectivity index (χ1n) is 10.4. The Bertz CT molecular complexity index is 960. The summed E-state index contributed by atoms with van der Waals surface area (Å²) in [6.45, 7) is 0.246. The van der Waals surface area contributed by atoms with Crippen LogP contribution in [0.4, 0.5) is 17.1 Å². The Kier molecular flexibility index (Phi) is 12.8. The highest BCUT2D eigenvalue weighted by Gasteiger charge is 2.27. The molecular weight excluding hydrogens is 538 g/mol. The predicted octanol–water partition coefficient (Wildman–Crippen LogP) is 1.54. The van der Waals surface area contributed by atoms with E-state index in [9.17, 15) is 28.1 Å². The van der Waals surface area contributed by atoms with Gasteiger partial charge in [-0.15, -0.1) is 0 Å². The van der Waals surface area contributed by atoms with E-state index in [1.54, 1.807) is 5.48 Å². The number of hydrogen-bond donors (Lipinski definition) is 4. The molecule has 0 spiro atoms. The Morgan fingerprint density at radius 2 is 1.91 bits per heavy atom. The van der Waals surface area contributed by atoms with Crippen LogP contribution in [0.3, 0.4) is 0 Å². The van der Waals surface area contributed by atoms with Crippen molar-refractivity contribution in [3.63, 3.8) is 0 Å². The summed E-state index contributed by atoms with van der Waals surface area (Å²) < 4.78 is 27.4. The van der Waals surface area contributed by atoms with E-state index < -0.39 is 26.9 Å². The van der Waals surface area contributed by atoms with Gasteiger partial charge in [-0.25, -0.2) is 5.48 Å². The molecule has 1 aromatic carbocycles. The van der Waals surface area contributed by atoms with Gasteiger partial charge < -0.3 is 16.0 Å². The Labute approximate surface area is 206 Å². The van der Waals surface area contributed by atoms with E-state index in [0.717, 1.165) is 25.2 Å². The lowest BCUT2D eigenvalue weighted by Gasteiger charge is -2.26. The van der Waals surface area contributed by atoms with Gasteiger partial charge in [0.05, 0.1) is 23.3 Å². The van der Waals surface area contributed by atoms with Gasteiger partial charge in [-0.05, 0) is 18.9 Å². The molecule has 0 saturated carbocycles. The lowest BCUT2D eigenvalue weighted by molar-refractivity contribution is -0.384. The molecule has 34 heavy (non-hydrogen) atoms. The number of hydrogen-bond acceptors (Lipinski definition) is 10. The fourth-order valence-corrected chi connectivity index (χ4v) is 3.94. The highest BCUT2D eigenvalue weighted by atomic mass is 79.9. The van der Waals surface area contributed by atoms with Crippen LogP contribution in [0.5, 0.6) is 0 Å². The van der Waals surface area contributed by atoms with Gasteiger partial charge in [0.2, 0.25) is 5.91 Å². The molecule has 0 heterocycles. The number of nitrogens with two attached hydrogens (primary N) is 1. The average Bonchev–Trinajstić information content (AvgIpc) is 2.76. The minimum Gasteiger partial charge on any atom is -0.399 e. The second-order valence-electron chi connectivity index (χ2n) is 7.35. The monoisotopic (exact) mass is 567 g/mol. The van der Waals surface area contributed by atoms with Gasteiger partial charge in [0.15, 0.2) is 0 Å². The van der Waals surface area contributed by atoms with Gasteiger partial charge in [-0.2, -0.15) is 8.42 Å². The predicted molar refractivity (Wildman–Crippen MR) is 130 cm³/mol. The molecule has 0 aliphatic carbocycles. The summed E-state index contributed by atoms with van der Waals surface area (Å²) >= 11 is 3.27. The maximum absolute atomic E-state index is 12.9. The van der Waals surface area contributed by atoms with Gasteiger partial charge in [-0.3, -0.25) is 29.1 Å². The summed E-state index contributed by atoms with van der Waals surface area (Å²) in [6.07, 6.45) is 3.74. The Hall–Kier alpha value is -2.49. The number of hydroxylamine groups is 1. The third-order valence-electron chi connectivity index (χ3n) is 4.62. The summed E-state index contributed by atoms with van der Waals surface area (Å²) in [5.41, 5.74) is 7.04. The molecule has 192 valence electrons. The van der Waals surface area contributed by atoms with E-state index in [1.807, 2.05) is 0 Å². The molecule has 2 amide bonds. The van der Waals surface area contributed by atoms with E-state index in [2.05, 4.69) is 21.2 Å². The second kappa shape index (κ2) is 14.7. The summed E-state index contributed by atoms with van der Waals surface area (Å²) in [5.74, 6) is -1.02. The molecule has 13 nitrogen and oxygen atoms in total. The highest BCUT2D eigenvalue weighted by molar-refractivity contribution is 9.09. The first-order valence-corrected chi connectivity index (χ1v) is 13.4. The SMILES string of the molecule is CS(=O)(=O)OCCN(CCBr)c1c(C(=O)NCCCCCCC(=O)NO)cc(N)cc1[N+](=O)[O-]. The Morgan fingerprint density at radius 1 is 1.24 bits per heavy atom. The number of nitro benzene ring substituents is 1. The zero-order valence-corrected chi connectivity index (χ0v) is 21.2. The van der Waals surface area contributed by atoms with E-state index in [0.29, 0.717) is 24.7 Å². The van der Waals surface area contributed by atoms with Crippen molar-refractivity contribution in [1.29, 1.82) is 0 Å². The summed E-state index contributed by atoms with van der Waals surface area (Å²) in [4.78, 5) is 36.5. The number of nitrogens with one attached hydrogen (secondary N) is 2. The van der Waals surface area contributed by atoms with Crippen LogP contribution in [0.15, 0.2) is 12.1 Å². The normalized spacial score (nSPS) is 11.1. The van der Waals surface area contributed by atoms with Crippen molar-refractivity contribution in [2.24, 2.45) is 0 Å². The number of rotatable bonds is 16. The van der Waals surface area contributed by atoms with Crippen LogP contribution in [0.2, 0.25) is 0 Å². The zero-order chi connectivity index (χ0) is 25.7. The maximum Gasteiger partial charge on any atom is 0.295 e.